The smallest absolute Gasteiger partial charge is 0.326 e. The zero-order valence-corrected chi connectivity index (χ0v) is 15.6. The van der Waals surface area contributed by atoms with Crippen LogP contribution in [0.2, 0.25) is 0 Å². The SMILES string of the molecule is CCOC(=O)[C@H]1[C@H]([C@H]2COC(C)(C)O2)N1S(=O)(=O)c1ccc(C)cc1. The number of rotatable bonds is 5. The minimum atomic E-state index is -3.82. The Labute approximate surface area is 147 Å². The van der Waals surface area contributed by atoms with Gasteiger partial charge < -0.3 is 14.2 Å². The lowest BCUT2D eigenvalue weighted by Gasteiger charge is -2.17. The lowest BCUT2D eigenvalue weighted by molar-refractivity contribution is -0.145. The summed E-state index contributed by atoms with van der Waals surface area (Å²) in [5, 5.41) is 0. The molecule has 138 valence electrons. The summed E-state index contributed by atoms with van der Waals surface area (Å²) in [4.78, 5) is 12.4. The highest BCUT2D eigenvalue weighted by Crippen LogP contribution is 2.42. The first-order chi connectivity index (χ1) is 11.7. The fourth-order valence-corrected chi connectivity index (χ4v) is 4.84. The normalized spacial score (nSPS) is 30.9. The van der Waals surface area contributed by atoms with Crippen LogP contribution in [0.1, 0.15) is 26.3 Å². The molecule has 1 unspecified atom stereocenters. The third-order valence-electron chi connectivity index (χ3n) is 4.34. The molecule has 2 heterocycles. The third-order valence-corrected chi connectivity index (χ3v) is 6.23. The van der Waals surface area contributed by atoms with E-state index in [1.54, 1.807) is 32.9 Å². The van der Waals surface area contributed by atoms with E-state index in [4.69, 9.17) is 14.2 Å². The third kappa shape index (κ3) is 3.44. The van der Waals surface area contributed by atoms with E-state index in [0.717, 1.165) is 5.56 Å². The number of aryl methyl sites for hydroxylation is 1. The first-order valence-corrected chi connectivity index (χ1v) is 9.70. The lowest BCUT2D eigenvalue weighted by Crippen LogP contribution is -2.28. The van der Waals surface area contributed by atoms with Crippen molar-refractivity contribution in [3.63, 3.8) is 0 Å². The molecule has 3 rings (SSSR count). The summed E-state index contributed by atoms with van der Waals surface area (Å²) in [6.45, 7) is 7.50. The fourth-order valence-electron chi connectivity index (χ4n) is 3.09. The summed E-state index contributed by atoms with van der Waals surface area (Å²) in [5.74, 6) is -1.36. The predicted molar refractivity (Wildman–Crippen MR) is 89.3 cm³/mol. The molecular weight excluding hydrogens is 346 g/mol. The van der Waals surface area contributed by atoms with Crippen molar-refractivity contribution in [2.24, 2.45) is 0 Å². The number of carbonyl (C=O) groups excluding carboxylic acids is 1. The van der Waals surface area contributed by atoms with E-state index in [2.05, 4.69) is 0 Å². The van der Waals surface area contributed by atoms with Crippen LogP contribution in [0.5, 0.6) is 0 Å². The fraction of sp³-hybridized carbons (Fsp3) is 0.588. The van der Waals surface area contributed by atoms with Crippen molar-refractivity contribution in [3.8, 4) is 0 Å². The standard InChI is InChI=1S/C17H23NO6S/c1-5-22-16(19)15-14(13-10-23-17(3,4)24-13)18(15)25(20,21)12-8-6-11(2)7-9-12/h6-9,13-15H,5,10H2,1-4H3/t13-,14+,15-,18?/m1/s1. The molecule has 2 aliphatic heterocycles. The highest BCUT2D eigenvalue weighted by molar-refractivity contribution is 7.89. The van der Waals surface area contributed by atoms with Gasteiger partial charge in [0.2, 0.25) is 10.0 Å². The van der Waals surface area contributed by atoms with Gasteiger partial charge in [-0.15, -0.1) is 0 Å². The predicted octanol–water partition coefficient (Wildman–Crippen LogP) is 1.45. The number of nitrogens with zero attached hydrogens (tertiary/aromatic N) is 1. The Morgan fingerprint density at radius 2 is 1.96 bits per heavy atom. The minimum Gasteiger partial charge on any atom is -0.465 e. The zero-order chi connectivity index (χ0) is 18.4. The quantitative estimate of drug-likeness (QED) is 0.577. The van der Waals surface area contributed by atoms with E-state index >= 15 is 0 Å². The van der Waals surface area contributed by atoms with Gasteiger partial charge in [-0.3, -0.25) is 4.79 Å². The summed E-state index contributed by atoms with van der Waals surface area (Å²) >= 11 is 0. The summed E-state index contributed by atoms with van der Waals surface area (Å²) in [6.07, 6.45) is -0.510. The van der Waals surface area contributed by atoms with Gasteiger partial charge in [0.1, 0.15) is 12.1 Å². The molecular formula is C17H23NO6S. The molecule has 0 aromatic heterocycles. The van der Waals surface area contributed by atoms with Crippen LogP contribution in [0, 0.1) is 6.92 Å². The summed E-state index contributed by atoms with van der Waals surface area (Å²) in [7, 11) is -3.82. The van der Waals surface area contributed by atoms with Gasteiger partial charge in [-0.05, 0) is 39.8 Å². The van der Waals surface area contributed by atoms with Gasteiger partial charge >= 0.3 is 5.97 Å². The maximum absolute atomic E-state index is 13.0. The Morgan fingerprint density at radius 1 is 1.32 bits per heavy atom. The second-order valence-corrected chi connectivity index (χ2v) is 8.55. The maximum Gasteiger partial charge on any atom is 0.326 e. The summed E-state index contributed by atoms with van der Waals surface area (Å²) < 4.78 is 43.5. The Hall–Kier alpha value is -1.48. The van der Waals surface area contributed by atoms with Gasteiger partial charge in [0, 0.05) is 0 Å². The Balaban J connectivity index is 1.89. The topological polar surface area (TPSA) is 81.9 Å². The summed E-state index contributed by atoms with van der Waals surface area (Å²) in [6, 6.07) is 5.03. The van der Waals surface area contributed by atoms with Crippen molar-refractivity contribution in [2.45, 2.75) is 56.6 Å². The highest BCUT2D eigenvalue weighted by atomic mass is 32.2. The second kappa shape index (κ2) is 6.35. The van der Waals surface area contributed by atoms with E-state index < -0.39 is 40.0 Å². The van der Waals surface area contributed by atoms with Gasteiger partial charge in [-0.1, -0.05) is 17.7 Å². The van der Waals surface area contributed by atoms with E-state index in [9.17, 15) is 13.2 Å². The maximum atomic E-state index is 13.0. The Morgan fingerprint density at radius 3 is 2.48 bits per heavy atom. The summed E-state index contributed by atoms with van der Waals surface area (Å²) in [5.41, 5.74) is 0.956. The molecule has 1 aromatic carbocycles. The van der Waals surface area contributed by atoms with Crippen molar-refractivity contribution < 1.29 is 27.4 Å². The number of hydrogen-bond donors (Lipinski definition) is 0. The number of benzene rings is 1. The molecule has 0 spiro atoms. The van der Waals surface area contributed by atoms with Gasteiger partial charge in [-0.2, -0.15) is 4.31 Å². The molecule has 8 heteroatoms. The van der Waals surface area contributed by atoms with Crippen LogP contribution in [0.25, 0.3) is 0 Å². The average Bonchev–Trinajstić information content (AvgIpc) is 3.20. The van der Waals surface area contributed by atoms with E-state index in [1.807, 2.05) is 6.92 Å². The number of esters is 1. The van der Waals surface area contributed by atoms with Crippen LogP contribution in [0.4, 0.5) is 0 Å². The Kier molecular flexibility index (Phi) is 4.65. The van der Waals surface area contributed by atoms with Crippen molar-refractivity contribution in [1.82, 2.24) is 4.31 Å². The van der Waals surface area contributed by atoms with Crippen molar-refractivity contribution in [1.29, 1.82) is 0 Å². The van der Waals surface area contributed by atoms with Crippen molar-refractivity contribution in [2.75, 3.05) is 13.2 Å². The van der Waals surface area contributed by atoms with E-state index in [1.165, 1.54) is 16.4 Å². The molecule has 25 heavy (non-hydrogen) atoms. The zero-order valence-electron chi connectivity index (χ0n) is 14.8. The minimum absolute atomic E-state index is 0.146. The van der Waals surface area contributed by atoms with Gasteiger partial charge in [0.05, 0.1) is 24.2 Å². The number of carbonyl (C=O) groups is 1. The molecule has 0 radical (unpaired) electrons. The number of hydrogen-bond acceptors (Lipinski definition) is 6. The molecule has 4 atom stereocenters. The highest BCUT2D eigenvalue weighted by Gasteiger charge is 2.65. The van der Waals surface area contributed by atoms with Crippen molar-refractivity contribution in [3.05, 3.63) is 29.8 Å². The molecule has 0 aliphatic carbocycles. The monoisotopic (exact) mass is 369 g/mol. The van der Waals surface area contributed by atoms with Crippen LogP contribution in [-0.4, -0.2) is 55.9 Å². The molecule has 0 saturated carbocycles. The first-order valence-electron chi connectivity index (χ1n) is 8.26. The molecule has 0 N–H and O–H groups in total. The lowest BCUT2D eigenvalue weighted by atomic mass is 10.2. The van der Waals surface area contributed by atoms with Crippen LogP contribution < -0.4 is 0 Å². The molecule has 2 fully saturated rings. The number of sulfonamides is 1. The van der Waals surface area contributed by atoms with Gasteiger partial charge in [0.25, 0.3) is 0 Å². The second-order valence-electron chi connectivity index (χ2n) is 6.70. The van der Waals surface area contributed by atoms with Crippen LogP contribution in [0.15, 0.2) is 29.2 Å². The number of ether oxygens (including phenoxy) is 3. The van der Waals surface area contributed by atoms with E-state index in [0.29, 0.717) is 0 Å². The molecule has 0 bridgehead atoms. The molecule has 2 aliphatic rings. The van der Waals surface area contributed by atoms with Crippen LogP contribution in [-0.2, 0) is 29.0 Å². The Bertz CT molecular complexity index is 758. The largest absolute Gasteiger partial charge is 0.465 e. The van der Waals surface area contributed by atoms with Gasteiger partial charge in [-0.25, -0.2) is 8.42 Å². The molecule has 0 amide bonds. The molecule has 7 nitrogen and oxygen atoms in total. The van der Waals surface area contributed by atoms with Crippen LogP contribution in [0.3, 0.4) is 0 Å². The van der Waals surface area contributed by atoms with E-state index in [-0.39, 0.29) is 18.1 Å². The van der Waals surface area contributed by atoms with Crippen LogP contribution >= 0.6 is 0 Å². The van der Waals surface area contributed by atoms with Gasteiger partial charge in [0.15, 0.2) is 5.79 Å². The molecule has 2 saturated heterocycles. The van der Waals surface area contributed by atoms with Crippen molar-refractivity contribution >= 4 is 16.0 Å². The molecule has 1 aromatic rings. The first kappa shape index (κ1) is 18.3. The average molecular weight is 369 g/mol.